The molecular weight excluding hydrogens is 242 g/mol. The molecule has 3 nitrogen and oxygen atoms in total. The van der Waals surface area contributed by atoms with Gasteiger partial charge < -0.3 is 5.32 Å². The van der Waals surface area contributed by atoms with Crippen LogP contribution in [0.3, 0.4) is 0 Å². The summed E-state index contributed by atoms with van der Waals surface area (Å²) in [4.78, 5) is 7.04. The number of rotatable bonds is 4. The topological polar surface area (TPSA) is 28.2 Å². The zero-order valence-corrected chi connectivity index (χ0v) is 12.8. The Balaban J connectivity index is 2.09. The number of hydrogen-bond acceptors (Lipinski definition) is 4. The quantitative estimate of drug-likeness (QED) is 0.909. The fourth-order valence-corrected chi connectivity index (χ4v) is 3.24. The van der Waals surface area contributed by atoms with Crippen LogP contribution in [0.1, 0.15) is 39.8 Å². The Kier molecular flexibility index (Phi) is 4.41. The Labute approximate surface area is 115 Å². The molecule has 0 bridgehead atoms. The Hall–Kier alpha value is -0.450. The summed E-state index contributed by atoms with van der Waals surface area (Å²) in [7, 11) is 0. The summed E-state index contributed by atoms with van der Waals surface area (Å²) in [6, 6.07) is 0.617. The van der Waals surface area contributed by atoms with Gasteiger partial charge in [-0.1, -0.05) is 20.8 Å². The largest absolute Gasteiger partial charge is 0.309 e. The highest BCUT2D eigenvalue weighted by Crippen LogP contribution is 2.24. The monoisotopic (exact) mass is 267 g/mol. The van der Waals surface area contributed by atoms with E-state index in [-0.39, 0.29) is 5.54 Å². The van der Waals surface area contributed by atoms with Crippen LogP contribution in [0.25, 0.3) is 0 Å². The van der Waals surface area contributed by atoms with Gasteiger partial charge in [0.05, 0.1) is 11.2 Å². The van der Waals surface area contributed by atoms with E-state index in [9.17, 15) is 0 Å². The van der Waals surface area contributed by atoms with E-state index in [4.69, 9.17) is 0 Å². The van der Waals surface area contributed by atoms with Crippen molar-refractivity contribution >= 4 is 11.3 Å². The molecule has 2 atom stereocenters. The van der Waals surface area contributed by atoms with Gasteiger partial charge in [-0.05, 0) is 19.3 Å². The fourth-order valence-electron chi connectivity index (χ4n) is 2.69. The molecule has 1 aliphatic heterocycles. The van der Waals surface area contributed by atoms with Crippen molar-refractivity contribution in [3.8, 4) is 0 Å². The molecule has 1 aromatic heterocycles. The van der Waals surface area contributed by atoms with E-state index < -0.39 is 0 Å². The predicted octanol–water partition coefficient (Wildman–Crippen LogP) is 2.74. The van der Waals surface area contributed by atoms with Crippen LogP contribution in [0.5, 0.6) is 0 Å². The summed E-state index contributed by atoms with van der Waals surface area (Å²) in [5.74, 6) is 0.678. The molecule has 4 heteroatoms. The van der Waals surface area contributed by atoms with Gasteiger partial charge in [0.15, 0.2) is 0 Å². The molecule has 2 rings (SSSR count). The molecule has 0 spiro atoms. The van der Waals surface area contributed by atoms with E-state index in [1.165, 1.54) is 12.1 Å². The van der Waals surface area contributed by atoms with E-state index >= 15 is 0 Å². The van der Waals surface area contributed by atoms with Gasteiger partial charge in [-0.3, -0.25) is 4.90 Å². The Morgan fingerprint density at radius 3 is 2.94 bits per heavy atom. The van der Waals surface area contributed by atoms with Crippen LogP contribution in [0.15, 0.2) is 10.9 Å². The molecule has 0 radical (unpaired) electrons. The van der Waals surface area contributed by atoms with E-state index in [2.05, 4.69) is 48.3 Å². The van der Waals surface area contributed by atoms with Gasteiger partial charge in [0.1, 0.15) is 0 Å². The maximum absolute atomic E-state index is 4.43. The molecule has 0 aromatic carbocycles. The molecule has 2 heterocycles. The van der Waals surface area contributed by atoms with Crippen molar-refractivity contribution in [3.05, 3.63) is 16.6 Å². The van der Waals surface area contributed by atoms with E-state index in [1.807, 2.05) is 5.51 Å². The van der Waals surface area contributed by atoms with Gasteiger partial charge in [0, 0.05) is 36.6 Å². The van der Waals surface area contributed by atoms with Crippen LogP contribution < -0.4 is 5.32 Å². The van der Waals surface area contributed by atoms with Crippen molar-refractivity contribution < 1.29 is 0 Å². The smallest absolute Gasteiger partial charge is 0.0795 e. The van der Waals surface area contributed by atoms with E-state index in [0.717, 1.165) is 19.6 Å². The molecule has 1 N–H and O–H groups in total. The highest BCUT2D eigenvalue weighted by Gasteiger charge is 2.35. The lowest BCUT2D eigenvalue weighted by Gasteiger charge is -2.47. The standard InChI is InChI=1S/C14H25N3S/c1-5-14(4)9-17(7-12-8-18-10-15-12)13(6-16-14)11(2)3/h8,10-11,13,16H,5-7,9H2,1-4H3. The molecule has 102 valence electrons. The number of piperazine rings is 1. The van der Waals surface area contributed by atoms with Gasteiger partial charge in [-0.2, -0.15) is 0 Å². The minimum absolute atomic E-state index is 0.251. The summed E-state index contributed by atoms with van der Waals surface area (Å²) in [5.41, 5.74) is 3.40. The van der Waals surface area contributed by atoms with Gasteiger partial charge >= 0.3 is 0 Å². The highest BCUT2D eigenvalue weighted by atomic mass is 32.1. The molecule has 1 fully saturated rings. The molecule has 0 amide bonds. The summed E-state index contributed by atoms with van der Waals surface area (Å²) in [6.07, 6.45) is 1.17. The second-order valence-electron chi connectivity index (χ2n) is 5.99. The lowest BCUT2D eigenvalue weighted by atomic mass is 9.90. The lowest BCUT2D eigenvalue weighted by Crippen LogP contribution is -2.63. The van der Waals surface area contributed by atoms with Crippen LogP contribution in [0.4, 0.5) is 0 Å². The Morgan fingerprint density at radius 2 is 2.39 bits per heavy atom. The third-order valence-electron chi connectivity index (χ3n) is 4.16. The average molecular weight is 267 g/mol. The molecule has 1 aliphatic rings. The van der Waals surface area contributed by atoms with Crippen molar-refractivity contribution in [2.45, 2.75) is 52.2 Å². The maximum Gasteiger partial charge on any atom is 0.0795 e. The predicted molar refractivity (Wildman–Crippen MR) is 77.8 cm³/mol. The first-order valence-corrected chi connectivity index (χ1v) is 7.84. The number of hydrogen-bond donors (Lipinski definition) is 1. The summed E-state index contributed by atoms with van der Waals surface area (Å²) >= 11 is 1.69. The van der Waals surface area contributed by atoms with Gasteiger partial charge in [-0.15, -0.1) is 11.3 Å². The Bertz CT molecular complexity index is 363. The minimum atomic E-state index is 0.251. The van der Waals surface area contributed by atoms with E-state index in [1.54, 1.807) is 11.3 Å². The van der Waals surface area contributed by atoms with E-state index in [0.29, 0.717) is 12.0 Å². The third kappa shape index (κ3) is 3.11. The maximum atomic E-state index is 4.43. The minimum Gasteiger partial charge on any atom is -0.309 e. The second kappa shape index (κ2) is 5.68. The van der Waals surface area contributed by atoms with Crippen molar-refractivity contribution in [1.82, 2.24) is 15.2 Å². The molecular formula is C14H25N3S. The van der Waals surface area contributed by atoms with Crippen LogP contribution in [-0.4, -0.2) is 34.6 Å². The van der Waals surface area contributed by atoms with Crippen molar-refractivity contribution in [2.24, 2.45) is 5.92 Å². The first kappa shape index (κ1) is 14.0. The number of nitrogens with zero attached hydrogens (tertiary/aromatic N) is 2. The number of nitrogens with one attached hydrogen (secondary N) is 1. The van der Waals surface area contributed by atoms with Crippen LogP contribution in [0.2, 0.25) is 0 Å². The highest BCUT2D eigenvalue weighted by molar-refractivity contribution is 7.07. The second-order valence-corrected chi connectivity index (χ2v) is 6.71. The molecule has 18 heavy (non-hydrogen) atoms. The third-order valence-corrected chi connectivity index (χ3v) is 4.79. The number of aromatic nitrogens is 1. The van der Waals surface area contributed by atoms with Crippen LogP contribution in [0, 0.1) is 5.92 Å². The molecule has 2 unspecified atom stereocenters. The number of thiazole rings is 1. The SMILES string of the molecule is CCC1(C)CN(Cc2cscn2)C(C(C)C)CN1. The van der Waals surface area contributed by atoms with Crippen molar-refractivity contribution in [3.63, 3.8) is 0 Å². The van der Waals surface area contributed by atoms with Gasteiger partial charge in [-0.25, -0.2) is 4.98 Å². The molecule has 1 aromatic rings. The molecule has 0 aliphatic carbocycles. The zero-order chi connectivity index (χ0) is 13.2. The first-order valence-electron chi connectivity index (χ1n) is 6.90. The van der Waals surface area contributed by atoms with Gasteiger partial charge in [0.2, 0.25) is 0 Å². The summed E-state index contributed by atoms with van der Waals surface area (Å²) in [5, 5.41) is 5.90. The first-order chi connectivity index (χ1) is 8.54. The van der Waals surface area contributed by atoms with Crippen molar-refractivity contribution in [1.29, 1.82) is 0 Å². The van der Waals surface area contributed by atoms with Crippen molar-refractivity contribution in [2.75, 3.05) is 13.1 Å². The average Bonchev–Trinajstić information content (AvgIpc) is 2.81. The fraction of sp³-hybridized carbons (Fsp3) is 0.786. The molecule has 0 saturated carbocycles. The normalized spacial score (nSPS) is 29.9. The lowest BCUT2D eigenvalue weighted by molar-refractivity contribution is 0.0531. The van der Waals surface area contributed by atoms with Gasteiger partial charge in [0.25, 0.3) is 0 Å². The Morgan fingerprint density at radius 1 is 1.61 bits per heavy atom. The zero-order valence-electron chi connectivity index (χ0n) is 11.9. The van der Waals surface area contributed by atoms with Crippen LogP contribution >= 0.6 is 11.3 Å². The summed E-state index contributed by atoms with van der Waals surface area (Å²) < 4.78 is 0. The molecule has 1 saturated heterocycles. The van der Waals surface area contributed by atoms with Crippen LogP contribution in [-0.2, 0) is 6.54 Å². The summed E-state index contributed by atoms with van der Waals surface area (Å²) in [6.45, 7) is 12.4.